The van der Waals surface area contributed by atoms with Crippen LogP contribution in [-0.4, -0.2) is 10.5 Å². The Morgan fingerprint density at radius 3 is 0.818 bits per heavy atom. The van der Waals surface area contributed by atoms with Gasteiger partial charge < -0.3 is 0 Å². The Labute approximate surface area is 216 Å². The van der Waals surface area contributed by atoms with Gasteiger partial charge in [-0.2, -0.15) is 11.8 Å². The SMILES string of the molecule is CCCCCCCCCCC(CCCCC)SC(CCCCC)CCCCCCCCCC. The van der Waals surface area contributed by atoms with Crippen LogP contribution < -0.4 is 0 Å². The minimum Gasteiger partial charge on any atom is -0.155 e. The van der Waals surface area contributed by atoms with Gasteiger partial charge in [0.25, 0.3) is 0 Å². The van der Waals surface area contributed by atoms with Crippen LogP contribution in [-0.2, 0) is 0 Å². The Kier molecular flexibility index (Phi) is 28.9. The van der Waals surface area contributed by atoms with Crippen LogP contribution in [0.2, 0.25) is 0 Å². The maximum absolute atomic E-state index is 2.44. The molecule has 0 heterocycles. The van der Waals surface area contributed by atoms with Crippen LogP contribution in [0.3, 0.4) is 0 Å². The molecule has 33 heavy (non-hydrogen) atoms. The fraction of sp³-hybridized carbons (Fsp3) is 1.00. The van der Waals surface area contributed by atoms with E-state index >= 15 is 0 Å². The second-order valence-electron chi connectivity index (χ2n) is 10.9. The minimum atomic E-state index is 0.942. The lowest BCUT2D eigenvalue weighted by atomic mass is 10.0. The summed E-state index contributed by atoms with van der Waals surface area (Å²) in [5.74, 6) is 0. The highest BCUT2D eigenvalue weighted by atomic mass is 32.2. The van der Waals surface area contributed by atoms with Gasteiger partial charge in [0.05, 0.1) is 0 Å². The summed E-state index contributed by atoms with van der Waals surface area (Å²) in [6.07, 6.45) is 37.8. The van der Waals surface area contributed by atoms with Crippen LogP contribution in [0.1, 0.15) is 195 Å². The third-order valence-corrected chi connectivity index (χ3v) is 9.12. The lowest BCUT2D eigenvalue weighted by Gasteiger charge is -2.24. The predicted molar refractivity (Wildman–Crippen MR) is 158 cm³/mol. The van der Waals surface area contributed by atoms with E-state index in [9.17, 15) is 0 Å². The quantitative estimate of drug-likeness (QED) is 0.0999. The maximum atomic E-state index is 2.44. The van der Waals surface area contributed by atoms with Gasteiger partial charge in [0.1, 0.15) is 0 Å². The summed E-state index contributed by atoms with van der Waals surface area (Å²) in [5.41, 5.74) is 0. The molecule has 0 fully saturated rings. The van der Waals surface area contributed by atoms with Crippen LogP contribution in [0.25, 0.3) is 0 Å². The molecule has 0 bridgehead atoms. The zero-order valence-electron chi connectivity index (χ0n) is 23.9. The van der Waals surface area contributed by atoms with E-state index < -0.39 is 0 Å². The molecule has 0 aromatic carbocycles. The highest BCUT2D eigenvalue weighted by Gasteiger charge is 2.17. The molecule has 0 nitrogen and oxygen atoms in total. The Hall–Kier alpha value is 0.350. The van der Waals surface area contributed by atoms with Gasteiger partial charge in [-0.15, -0.1) is 0 Å². The van der Waals surface area contributed by atoms with Crippen LogP contribution in [0.4, 0.5) is 0 Å². The molecule has 0 radical (unpaired) electrons. The highest BCUT2D eigenvalue weighted by molar-refractivity contribution is 8.00. The molecule has 2 unspecified atom stereocenters. The Morgan fingerprint density at radius 2 is 0.515 bits per heavy atom. The fourth-order valence-electron chi connectivity index (χ4n) is 5.09. The smallest absolute Gasteiger partial charge is 0.00498 e. The lowest BCUT2D eigenvalue weighted by molar-refractivity contribution is 0.532. The molecular weight excluding hydrogens is 416 g/mol. The van der Waals surface area contributed by atoms with Gasteiger partial charge in [0.2, 0.25) is 0 Å². The minimum absolute atomic E-state index is 0.942. The van der Waals surface area contributed by atoms with Crippen molar-refractivity contribution in [2.45, 2.75) is 205 Å². The molecule has 0 rings (SSSR count). The first-order chi connectivity index (χ1) is 16.3. The molecular formula is C32H66S. The number of thioether (sulfide) groups is 1. The van der Waals surface area contributed by atoms with E-state index in [2.05, 4.69) is 39.5 Å². The van der Waals surface area contributed by atoms with Crippen molar-refractivity contribution in [3.63, 3.8) is 0 Å². The second kappa shape index (κ2) is 28.6. The third-order valence-electron chi connectivity index (χ3n) is 7.40. The van der Waals surface area contributed by atoms with Gasteiger partial charge in [-0.05, 0) is 25.7 Å². The number of hydrogen-bond donors (Lipinski definition) is 0. The fourth-order valence-corrected chi connectivity index (χ4v) is 6.84. The number of unbranched alkanes of at least 4 members (excludes halogenated alkanes) is 18. The second-order valence-corrected chi connectivity index (χ2v) is 12.5. The molecule has 0 N–H and O–H groups in total. The molecule has 0 spiro atoms. The van der Waals surface area contributed by atoms with Crippen molar-refractivity contribution in [2.24, 2.45) is 0 Å². The summed E-state index contributed by atoms with van der Waals surface area (Å²) in [6.45, 7) is 9.36. The summed E-state index contributed by atoms with van der Waals surface area (Å²) >= 11 is 2.44. The molecule has 0 amide bonds. The standard InChI is InChI=1S/C32H66S/c1-5-9-13-15-17-19-21-25-29-31(27-23-11-7-3)33-32(28-24-12-8-4)30-26-22-20-18-16-14-10-6-2/h31-32H,5-30H2,1-4H3. The Morgan fingerprint density at radius 1 is 0.303 bits per heavy atom. The first-order valence-electron chi connectivity index (χ1n) is 15.9. The molecule has 0 aliphatic rings. The maximum Gasteiger partial charge on any atom is 0.00498 e. The van der Waals surface area contributed by atoms with Crippen molar-refractivity contribution in [3.8, 4) is 0 Å². The number of hydrogen-bond acceptors (Lipinski definition) is 1. The first kappa shape index (κ1) is 33.4. The van der Waals surface area contributed by atoms with E-state index in [1.54, 1.807) is 0 Å². The average molecular weight is 483 g/mol. The van der Waals surface area contributed by atoms with Crippen molar-refractivity contribution in [1.29, 1.82) is 0 Å². The lowest BCUT2D eigenvalue weighted by Crippen LogP contribution is -2.12. The molecule has 200 valence electrons. The average Bonchev–Trinajstić information content (AvgIpc) is 2.82. The normalized spacial score (nSPS) is 13.5. The molecule has 0 aliphatic heterocycles. The van der Waals surface area contributed by atoms with E-state index in [1.165, 1.54) is 167 Å². The van der Waals surface area contributed by atoms with E-state index in [-0.39, 0.29) is 0 Å². The van der Waals surface area contributed by atoms with Gasteiger partial charge in [0, 0.05) is 10.5 Å². The van der Waals surface area contributed by atoms with Gasteiger partial charge >= 0.3 is 0 Å². The van der Waals surface area contributed by atoms with Gasteiger partial charge in [-0.3, -0.25) is 0 Å². The largest absolute Gasteiger partial charge is 0.155 e. The van der Waals surface area contributed by atoms with Gasteiger partial charge in [0.15, 0.2) is 0 Å². The Balaban J connectivity index is 4.31. The molecule has 2 atom stereocenters. The van der Waals surface area contributed by atoms with E-state index in [1.807, 2.05) is 0 Å². The summed E-state index contributed by atoms with van der Waals surface area (Å²) in [4.78, 5) is 0. The number of rotatable bonds is 28. The van der Waals surface area contributed by atoms with E-state index in [0.717, 1.165) is 10.5 Å². The van der Waals surface area contributed by atoms with Gasteiger partial charge in [-0.1, -0.05) is 169 Å². The molecule has 0 aliphatic carbocycles. The molecule has 0 saturated heterocycles. The Bertz CT molecular complexity index is 307. The van der Waals surface area contributed by atoms with E-state index in [0.29, 0.717) is 0 Å². The summed E-state index contributed by atoms with van der Waals surface area (Å²) < 4.78 is 0. The van der Waals surface area contributed by atoms with Crippen molar-refractivity contribution < 1.29 is 0 Å². The van der Waals surface area contributed by atoms with Crippen LogP contribution in [0, 0.1) is 0 Å². The summed E-state index contributed by atoms with van der Waals surface area (Å²) in [5, 5.41) is 1.88. The summed E-state index contributed by atoms with van der Waals surface area (Å²) in [6, 6.07) is 0. The molecule has 0 aromatic heterocycles. The molecule has 1 heteroatoms. The van der Waals surface area contributed by atoms with Crippen molar-refractivity contribution in [3.05, 3.63) is 0 Å². The zero-order chi connectivity index (χ0) is 24.2. The zero-order valence-corrected chi connectivity index (χ0v) is 24.8. The highest BCUT2D eigenvalue weighted by Crippen LogP contribution is 2.33. The van der Waals surface area contributed by atoms with Crippen LogP contribution >= 0.6 is 11.8 Å². The summed E-state index contributed by atoms with van der Waals surface area (Å²) in [7, 11) is 0. The molecule has 0 aromatic rings. The van der Waals surface area contributed by atoms with Crippen molar-refractivity contribution in [1.82, 2.24) is 0 Å². The van der Waals surface area contributed by atoms with Gasteiger partial charge in [-0.25, -0.2) is 0 Å². The van der Waals surface area contributed by atoms with Crippen LogP contribution in [0.5, 0.6) is 0 Å². The van der Waals surface area contributed by atoms with Crippen LogP contribution in [0.15, 0.2) is 0 Å². The van der Waals surface area contributed by atoms with Crippen molar-refractivity contribution >= 4 is 11.8 Å². The van der Waals surface area contributed by atoms with Crippen molar-refractivity contribution in [2.75, 3.05) is 0 Å². The monoisotopic (exact) mass is 482 g/mol. The molecule has 0 saturated carbocycles. The van der Waals surface area contributed by atoms with E-state index in [4.69, 9.17) is 0 Å². The predicted octanol–water partition coefficient (Wildman–Crippen LogP) is 12.7. The topological polar surface area (TPSA) is 0 Å². The first-order valence-corrected chi connectivity index (χ1v) is 16.9. The third kappa shape index (κ3) is 25.3.